The molecule has 1 fully saturated rings. The fraction of sp³-hybridized carbons (Fsp3) is 0.875. The van der Waals surface area contributed by atoms with E-state index in [4.69, 9.17) is 15.2 Å². The van der Waals surface area contributed by atoms with Crippen LogP contribution in [-0.4, -0.2) is 47.0 Å². The molecule has 0 bridgehead atoms. The van der Waals surface area contributed by atoms with E-state index in [2.05, 4.69) is 0 Å². The minimum atomic E-state index is -0.662. The first-order valence-corrected chi connectivity index (χ1v) is 7.86. The Morgan fingerprint density at radius 1 is 1.05 bits per heavy atom. The molecule has 6 heteroatoms. The minimum absolute atomic E-state index is 0.107. The number of carbonyl (C=O) groups is 2. The van der Waals surface area contributed by atoms with Crippen molar-refractivity contribution in [1.82, 2.24) is 0 Å². The fourth-order valence-corrected chi connectivity index (χ4v) is 2.77. The van der Waals surface area contributed by atoms with Crippen LogP contribution in [0.4, 0.5) is 9.59 Å². The topological polar surface area (TPSA) is 78.6 Å². The van der Waals surface area contributed by atoms with Gasteiger partial charge in [0.05, 0.1) is 0 Å². The Bertz CT molecular complexity index is 406. The van der Waals surface area contributed by atoms with Gasteiger partial charge in [-0.3, -0.25) is 0 Å². The summed E-state index contributed by atoms with van der Waals surface area (Å²) in [6.45, 7) is 13.4. The molecule has 0 radical (unpaired) electrons. The van der Waals surface area contributed by atoms with Crippen LogP contribution in [0.5, 0.6) is 0 Å². The van der Waals surface area contributed by atoms with E-state index in [1.807, 2.05) is 6.92 Å². The summed E-state index contributed by atoms with van der Waals surface area (Å²) in [5.74, 6) is 0.107. The molecule has 0 aromatic heterocycles. The van der Waals surface area contributed by atoms with Gasteiger partial charge in [0.25, 0.3) is 0 Å². The average molecular weight is 315 g/mol. The lowest BCUT2D eigenvalue weighted by Crippen LogP contribution is -2.61. The summed E-state index contributed by atoms with van der Waals surface area (Å²) in [7, 11) is 0. The second-order valence-corrected chi connectivity index (χ2v) is 8.20. The van der Waals surface area contributed by atoms with Crippen LogP contribution < -0.4 is 5.73 Å². The predicted molar refractivity (Wildman–Crippen MR) is 84.2 cm³/mol. The van der Waals surface area contributed by atoms with Gasteiger partial charge in [-0.25, -0.2) is 0 Å². The zero-order valence-corrected chi connectivity index (χ0v) is 14.9. The Morgan fingerprint density at radius 3 is 1.73 bits per heavy atom. The van der Waals surface area contributed by atoms with Crippen molar-refractivity contribution >= 4 is 12.2 Å². The van der Waals surface area contributed by atoms with E-state index in [0.29, 0.717) is 19.5 Å². The van der Waals surface area contributed by atoms with Crippen molar-refractivity contribution in [3.05, 3.63) is 0 Å². The fourth-order valence-electron chi connectivity index (χ4n) is 2.77. The van der Waals surface area contributed by atoms with E-state index in [1.165, 1.54) is 0 Å². The Balaban J connectivity index is 3.16. The van der Waals surface area contributed by atoms with E-state index in [-0.39, 0.29) is 12.0 Å². The van der Waals surface area contributed by atoms with Crippen molar-refractivity contribution in [3.63, 3.8) is 0 Å². The average Bonchev–Trinajstić information content (AvgIpc) is 2.63. The van der Waals surface area contributed by atoms with E-state index in [1.54, 1.807) is 41.5 Å². The van der Waals surface area contributed by atoms with Crippen LogP contribution in [0.3, 0.4) is 0 Å². The lowest BCUT2D eigenvalue weighted by atomic mass is 10.1. The predicted octanol–water partition coefficient (Wildman–Crippen LogP) is 3.04. The summed E-state index contributed by atoms with van der Waals surface area (Å²) in [6, 6.07) is -0.210. The Labute approximate surface area is 133 Å². The molecule has 2 amide bonds. The molecule has 6 nitrogen and oxygen atoms in total. The summed E-state index contributed by atoms with van der Waals surface area (Å²) >= 11 is 0. The van der Waals surface area contributed by atoms with Crippen LogP contribution in [0, 0.1) is 5.92 Å². The van der Waals surface area contributed by atoms with E-state index >= 15 is 0 Å². The zero-order valence-electron chi connectivity index (χ0n) is 14.9. The van der Waals surface area contributed by atoms with Gasteiger partial charge in [-0.05, 0) is 48.5 Å². The molecule has 128 valence electrons. The third-order valence-electron chi connectivity index (χ3n) is 3.74. The van der Waals surface area contributed by atoms with Gasteiger partial charge >= 0.3 is 12.2 Å². The van der Waals surface area contributed by atoms with Crippen LogP contribution >= 0.6 is 0 Å². The third-order valence-corrected chi connectivity index (χ3v) is 3.74. The molecule has 1 heterocycles. The summed E-state index contributed by atoms with van der Waals surface area (Å²) in [5.41, 5.74) is 4.43. The number of quaternary nitrogens is 1. The molecule has 0 saturated carbocycles. The molecular formula is C16H31N2O4+. The Hall–Kier alpha value is -1.14. The number of nitrogens with zero attached hydrogens (tertiary/aromatic N) is 1. The van der Waals surface area contributed by atoms with Gasteiger partial charge in [0.15, 0.2) is 0 Å². The monoisotopic (exact) mass is 315 g/mol. The van der Waals surface area contributed by atoms with Crippen molar-refractivity contribution < 1.29 is 23.5 Å². The maximum atomic E-state index is 12.8. The summed E-state index contributed by atoms with van der Waals surface area (Å²) in [6.07, 6.45) is -0.398. The van der Waals surface area contributed by atoms with Crippen LogP contribution in [0.15, 0.2) is 0 Å². The number of carbonyl (C=O) groups excluding carboxylic acids is 2. The van der Waals surface area contributed by atoms with Crippen molar-refractivity contribution in [2.45, 2.75) is 72.1 Å². The Kier molecular flexibility index (Phi) is 5.30. The highest BCUT2D eigenvalue weighted by Crippen LogP contribution is 2.35. The lowest BCUT2D eigenvalue weighted by Gasteiger charge is -2.34. The highest BCUT2D eigenvalue weighted by Gasteiger charge is 2.60. The van der Waals surface area contributed by atoms with Gasteiger partial charge in [-0.1, -0.05) is 0 Å². The van der Waals surface area contributed by atoms with Gasteiger partial charge in [-0.2, -0.15) is 9.59 Å². The molecule has 1 saturated heterocycles. The van der Waals surface area contributed by atoms with Gasteiger partial charge in [0.1, 0.15) is 23.8 Å². The number of hydrogen-bond donors (Lipinski definition) is 1. The first-order chi connectivity index (χ1) is 9.82. The van der Waals surface area contributed by atoms with Crippen LogP contribution in [0.2, 0.25) is 0 Å². The standard InChI is InChI=1S/C16H31N2O4/c1-11-8-12(9-17)10-18(11,13(19)21-15(2,3)4)14(20)22-16(5,6)7/h11-12H,8-10,17H2,1-7H3/q+1/t11?,12-/m1/s1. The van der Waals surface area contributed by atoms with Crippen LogP contribution in [0.25, 0.3) is 0 Å². The molecule has 0 aromatic carbocycles. The van der Waals surface area contributed by atoms with Gasteiger partial charge in [0, 0.05) is 18.9 Å². The normalized spacial score (nSPS) is 24.9. The lowest BCUT2D eigenvalue weighted by molar-refractivity contribution is -0.799. The summed E-state index contributed by atoms with van der Waals surface area (Å²) in [4.78, 5) is 25.6. The molecule has 1 unspecified atom stereocenters. The zero-order chi connectivity index (χ0) is 17.3. The van der Waals surface area contributed by atoms with E-state index < -0.39 is 27.9 Å². The quantitative estimate of drug-likeness (QED) is 0.752. The second-order valence-electron chi connectivity index (χ2n) is 8.20. The van der Waals surface area contributed by atoms with Crippen molar-refractivity contribution in [2.75, 3.05) is 13.1 Å². The molecule has 2 atom stereocenters. The first-order valence-electron chi connectivity index (χ1n) is 7.86. The molecule has 22 heavy (non-hydrogen) atoms. The van der Waals surface area contributed by atoms with Gasteiger partial charge in [0.2, 0.25) is 0 Å². The van der Waals surface area contributed by atoms with Crippen molar-refractivity contribution in [2.24, 2.45) is 11.7 Å². The van der Waals surface area contributed by atoms with Gasteiger partial charge in [-0.15, -0.1) is 4.48 Å². The SMILES string of the molecule is CC1C[C@H](CN)C[N+]1(C(=O)OC(C)(C)C)C(=O)OC(C)(C)C. The van der Waals surface area contributed by atoms with Crippen molar-refractivity contribution in [3.8, 4) is 0 Å². The minimum Gasteiger partial charge on any atom is -0.414 e. The number of imide groups is 1. The highest BCUT2D eigenvalue weighted by atomic mass is 16.6. The number of rotatable bonds is 1. The maximum absolute atomic E-state index is 12.8. The van der Waals surface area contributed by atoms with Gasteiger partial charge < -0.3 is 15.2 Å². The molecule has 2 N–H and O–H groups in total. The molecule has 1 aliphatic rings. The second kappa shape index (κ2) is 6.16. The molecule has 0 spiro atoms. The first kappa shape index (κ1) is 18.9. The highest BCUT2D eigenvalue weighted by molar-refractivity contribution is 5.77. The molecular weight excluding hydrogens is 284 g/mol. The summed E-state index contributed by atoms with van der Waals surface area (Å²) < 4.78 is 10.6. The smallest absolute Gasteiger partial charge is 0.414 e. The number of nitrogens with two attached hydrogens (primary N) is 1. The molecule has 1 rings (SSSR count). The largest absolute Gasteiger partial charge is 0.527 e. The van der Waals surface area contributed by atoms with Crippen LogP contribution in [0.1, 0.15) is 54.9 Å². The molecule has 0 aromatic rings. The van der Waals surface area contributed by atoms with E-state index in [0.717, 1.165) is 0 Å². The van der Waals surface area contributed by atoms with E-state index in [9.17, 15) is 9.59 Å². The maximum Gasteiger partial charge on any atom is 0.527 e. The Morgan fingerprint density at radius 2 is 1.45 bits per heavy atom. The molecule has 1 aliphatic heterocycles. The third kappa shape index (κ3) is 4.20. The molecule has 0 aliphatic carbocycles. The number of hydrogen-bond acceptors (Lipinski definition) is 5. The number of ether oxygens (including phenoxy) is 2. The number of likely N-dealkylation sites (tertiary alicyclic amines) is 1. The number of amides is 2. The summed E-state index contributed by atoms with van der Waals surface area (Å²) in [5, 5.41) is 0. The van der Waals surface area contributed by atoms with Crippen LogP contribution in [-0.2, 0) is 9.47 Å². The van der Waals surface area contributed by atoms with Crippen molar-refractivity contribution in [1.29, 1.82) is 0 Å².